The molecule has 0 saturated carbocycles. The normalized spacial score (nSPS) is 11.8. The smallest absolute Gasteiger partial charge is 0.173 e. The first-order valence-electron chi connectivity index (χ1n) is 10.0. The second kappa shape index (κ2) is 10.1. The van der Waals surface area contributed by atoms with Crippen LogP contribution >= 0.6 is 31.9 Å². The number of aromatic hydroxyl groups is 1. The summed E-state index contributed by atoms with van der Waals surface area (Å²) in [5.41, 5.74) is 7.11. The largest absolute Gasteiger partial charge is 0.504 e. The Morgan fingerprint density at radius 3 is 2.55 bits per heavy atom. The third-order valence-electron chi connectivity index (χ3n) is 4.81. The summed E-state index contributed by atoms with van der Waals surface area (Å²) >= 11 is 7.21. The molecule has 0 radical (unpaired) electrons. The number of aliphatic imine (C=N–C) groups is 1. The Morgan fingerprint density at radius 2 is 1.79 bits per heavy atom. The minimum atomic E-state index is 0.0688. The van der Waals surface area contributed by atoms with Gasteiger partial charge in [-0.3, -0.25) is 5.43 Å². The van der Waals surface area contributed by atoms with Crippen LogP contribution in [0.2, 0.25) is 0 Å². The number of hydrogen-bond donors (Lipinski definition) is 2. The number of phenolic OH excluding ortho intramolecular Hbond substituents is 1. The molecule has 0 saturated heterocycles. The van der Waals surface area contributed by atoms with Crippen LogP contribution in [0.25, 0.3) is 10.9 Å². The fourth-order valence-electron chi connectivity index (χ4n) is 3.19. The molecule has 3 aromatic carbocycles. The highest BCUT2D eigenvalue weighted by Crippen LogP contribution is 2.35. The van der Waals surface area contributed by atoms with Crippen molar-refractivity contribution in [3.8, 4) is 11.5 Å². The number of amidine groups is 1. The van der Waals surface area contributed by atoms with Crippen LogP contribution in [-0.2, 0) is 0 Å². The second-order valence-corrected chi connectivity index (χ2v) is 8.94. The summed E-state index contributed by atoms with van der Waals surface area (Å²) < 4.78 is 6.86. The number of nitrogens with zero attached hydrogens (tertiary/aromatic N) is 3. The zero-order valence-corrected chi connectivity index (χ0v) is 21.1. The Labute approximate surface area is 208 Å². The van der Waals surface area contributed by atoms with Crippen molar-refractivity contribution in [3.05, 3.63) is 92.5 Å². The minimum absolute atomic E-state index is 0.0688. The molecule has 0 atom stereocenters. The average Bonchev–Trinajstić information content (AvgIpc) is 2.80. The molecule has 2 N–H and O–H groups in total. The number of pyridine rings is 1. The van der Waals surface area contributed by atoms with Crippen molar-refractivity contribution in [1.82, 2.24) is 10.4 Å². The van der Waals surface area contributed by atoms with Crippen molar-refractivity contribution in [2.45, 2.75) is 6.92 Å². The molecule has 166 valence electrons. The van der Waals surface area contributed by atoms with Gasteiger partial charge in [0, 0.05) is 14.3 Å². The first kappa shape index (κ1) is 22.9. The van der Waals surface area contributed by atoms with Crippen LogP contribution in [0, 0.1) is 6.92 Å². The number of ether oxygens (including phenoxy) is 1. The second-order valence-electron chi connectivity index (χ2n) is 7.23. The van der Waals surface area contributed by atoms with E-state index in [1.807, 2.05) is 55.5 Å². The molecule has 0 aliphatic rings. The maximum atomic E-state index is 9.80. The molecule has 0 amide bonds. The van der Waals surface area contributed by atoms with Gasteiger partial charge in [0.25, 0.3) is 0 Å². The number of phenols is 1. The van der Waals surface area contributed by atoms with Crippen LogP contribution in [0.3, 0.4) is 0 Å². The third kappa shape index (κ3) is 5.40. The standard InChI is InChI=1S/C25H20Br2N4O2/c1-15-11-18(26)24(19(27)12-15)30-25(21-9-8-17-5-3-4-6-20(17)29-21)31-28-14-16-7-10-22(32)23(13-16)33-2/h3-14,32H,1-2H3,(H,30,31). The van der Waals surface area contributed by atoms with Gasteiger partial charge in [-0.1, -0.05) is 24.3 Å². The maximum Gasteiger partial charge on any atom is 0.173 e. The lowest BCUT2D eigenvalue weighted by atomic mass is 10.2. The molecule has 1 heterocycles. The zero-order chi connectivity index (χ0) is 23.4. The average molecular weight is 568 g/mol. The molecule has 0 bridgehead atoms. The lowest BCUT2D eigenvalue weighted by Gasteiger charge is -2.10. The van der Waals surface area contributed by atoms with Gasteiger partial charge in [-0.15, -0.1) is 0 Å². The van der Waals surface area contributed by atoms with Gasteiger partial charge in [-0.25, -0.2) is 9.98 Å². The fourth-order valence-corrected chi connectivity index (χ4v) is 4.78. The Kier molecular flexibility index (Phi) is 7.05. The molecule has 4 rings (SSSR count). The number of aryl methyl sites for hydroxylation is 1. The van der Waals surface area contributed by atoms with Crippen molar-refractivity contribution in [2.24, 2.45) is 10.1 Å². The van der Waals surface area contributed by atoms with E-state index in [2.05, 4.69) is 42.4 Å². The first-order chi connectivity index (χ1) is 15.9. The van der Waals surface area contributed by atoms with Gasteiger partial charge in [0.05, 0.1) is 24.5 Å². The monoisotopic (exact) mass is 566 g/mol. The summed E-state index contributed by atoms with van der Waals surface area (Å²) in [7, 11) is 1.50. The Balaban J connectivity index is 1.74. The number of rotatable bonds is 5. The van der Waals surface area contributed by atoms with Crippen molar-refractivity contribution in [1.29, 1.82) is 0 Å². The summed E-state index contributed by atoms with van der Waals surface area (Å²) in [5, 5.41) is 15.2. The minimum Gasteiger partial charge on any atom is -0.504 e. The molecule has 0 aliphatic heterocycles. The molecule has 0 aliphatic carbocycles. The van der Waals surface area contributed by atoms with E-state index in [0.717, 1.165) is 36.7 Å². The molecular formula is C25H20Br2N4O2. The van der Waals surface area contributed by atoms with Gasteiger partial charge in [-0.05, 0) is 92.4 Å². The van der Waals surface area contributed by atoms with Gasteiger partial charge >= 0.3 is 0 Å². The van der Waals surface area contributed by atoms with Gasteiger partial charge in [0.1, 0.15) is 5.69 Å². The number of methoxy groups -OCH3 is 1. The molecule has 0 unspecified atom stereocenters. The number of hydrogen-bond acceptors (Lipinski definition) is 5. The predicted octanol–water partition coefficient (Wildman–Crippen LogP) is 6.48. The highest BCUT2D eigenvalue weighted by molar-refractivity contribution is 9.11. The van der Waals surface area contributed by atoms with E-state index in [1.165, 1.54) is 7.11 Å². The van der Waals surface area contributed by atoms with Crippen LogP contribution in [-0.4, -0.2) is 29.3 Å². The number of para-hydroxylation sites is 1. The topological polar surface area (TPSA) is 79.1 Å². The lowest BCUT2D eigenvalue weighted by molar-refractivity contribution is 0.373. The van der Waals surface area contributed by atoms with Crippen molar-refractivity contribution in [2.75, 3.05) is 7.11 Å². The molecule has 0 fully saturated rings. The molecule has 33 heavy (non-hydrogen) atoms. The summed E-state index contributed by atoms with van der Waals surface area (Å²) in [6, 6.07) is 20.8. The molecule has 4 aromatic rings. The maximum absolute atomic E-state index is 9.80. The van der Waals surface area contributed by atoms with Crippen LogP contribution in [0.15, 0.2) is 85.8 Å². The molecule has 0 spiro atoms. The zero-order valence-electron chi connectivity index (χ0n) is 17.9. The van der Waals surface area contributed by atoms with Crippen LogP contribution in [0.4, 0.5) is 5.69 Å². The third-order valence-corrected chi connectivity index (χ3v) is 6.02. The van der Waals surface area contributed by atoms with E-state index in [1.54, 1.807) is 24.4 Å². The number of nitrogens with one attached hydrogen (secondary N) is 1. The quantitative estimate of drug-likeness (QED) is 0.164. The number of fused-ring (bicyclic) bond motifs is 1. The van der Waals surface area contributed by atoms with Gasteiger partial charge in [0.15, 0.2) is 17.3 Å². The molecular weight excluding hydrogens is 548 g/mol. The van der Waals surface area contributed by atoms with Gasteiger partial charge in [0.2, 0.25) is 0 Å². The lowest BCUT2D eigenvalue weighted by Crippen LogP contribution is -2.20. The Hall–Kier alpha value is -3.23. The molecule has 1 aromatic heterocycles. The SMILES string of the molecule is COc1cc(C=NNC(=Nc2c(Br)cc(C)cc2Br)c2ccc3ccccc3n2)ccc1O. The summed E-state index contributed by atoms with van der Waals surface area (Å²) in [6.07, 6.45) is 1.62. The van der Waals surface area contributed by atoms with Crippen LogP contribution < -0.4 is 10.2 Å². The van der Waals surface area contributed by atoms with Gasteiger partial charge in [-0.2, -0.15) is 5.10 Å². The van der Waals surface area contributed by atoms with Crippen LogP contribution in [0.1, 0.15) is 16.8 Å². The molecule has 6 nitrogen and oxygen atoms in total. The number of benzene rings is 3. The fraction of sp³-hybridized carbons (Fsp3) is 0.0800. The van der Waals surface area contributed by atoms with Crippen molar-refractivity contribution < 1.29 is 9.84 Å². The van der Waals surface area contributed by atoms with E-state index < -0.39 is 0 Å². The van der Waals surface area contributed by atoms with E-state index >= 15 is 0 Å². The van der Waals surface area contributed by atoms with E-state index in [-0.39, 0.29) is 5.75 Å². The van der Waals surface area contributed by atoms with E-state index in [4.69, 9.17) is 14.7 Å². The van der Waals surface area contributed by atoms with E-state index in [9.17, 15) is 5.11 Å². The summed E-state index contributed by atoms with van der Waals surface area (Å²) in [6.45, 7) is 2.02. The molecule has 8 heteroatoms. The number of halogens is 2. The Morgan fingerprint density at radius 1 is 1.03 bits per heavy atom. The first-order valence-corrected chi connectivity index (χ1v) is 11.6. The number of aromatic nitrogens is 1. The van der Waals surface area contributed by atoms with E-state index in [0.29, 0.717) is 17.3 Å². The van der Waals surface area contributed by atoms with Crippen molar-refractivity contribution >= 4 is 60.5 Å². The number of hydrazone groups is 1. The van der Waals surface area contributed by atoms with Crippen molar-refractivity contribution in [3.63, 3.8) is 0 Å². The Bertz CT molecular complexity index is 1360. The highest BCUT2D eigenvalue weighted by atomic mass is 79.9. The van der Waals surface area contributed by atoms with Crippen LogP contribution in [0.5, 0.6) is 11.5 Å². The predicted molar refractivity (Wildman–Crippen MR) is 140 cm³/mol. The summed E-state index contributed by atoms with van der Waals surface area (Å²) in [4.78, 5) is 9.59. The highest BCUT2D eigenvalue weighted by Gasteiger charge is 2.11. The van der Waals surface area contributed by atoms with Gasteiger partial charge < -0.3 is 9.84 Å². The summed E-state index contributed by atoms with van der Waals surface area (Å²) in [5.74, 6) is 0.920.